The molecular formula is C24H31F2N3O4S. The summed E-state index contributed by atoms with van der Waals surface area (Å²) >= 11 is 0. The number of sulfonamides is 1. The molecule has 0 bridgehead atoms. The van der Waals surface area contributed by atoms with Crippen LogP contribution in [0.5, 0.6) is 0 Å². The topological polar surface area (TPSA) is 86.8 Å². The minimum absolute atomic E-state index is 0.0617. The van der Waals surface area contributed by atoms with Crippen LogP contribution in [-0.4, -0.2) is 50.5 Å². The molecule has 10 heteroatoms. The molecule has 0 aliphatic rings. The Hall–Kier alpha value is -3.01. The molecule has 186 valence electrons. The molecule has 0 radical (unpaired) electrons. The van der Waals surface area contributed by atoms with E-state index in [4.69, 9.17) is 0 Å². The second kappa shape index (κ2) is 11.4. The summed E-state index contributed by atoms with van der Waals surface area (Å²) in [4.78, 5) is 27.4. The van der Waals surface area contributed by atoms with Crippen molar-refractivity contribution in [2.45, 2.75) is 40.3 Å². The van der Waals surface area contributed by atoms with Crippen molar-refractivity contribution in [2.75, 3.05) is 23.7 Å². The van der Waals surface area contributed by atoms with E-state index >= 15 is 0 Å². The van der Waals surface area contributed by atoms with Crippen LogP contribution in [0, 0.1) is 24.5 Å². The van der Waals surface area contributed by atoms with E-state index in [9.17, 15) is 26.8 Å². The summed E-state index contributed by atoms with van der Waals surface area (Å²) < 4.78 is 52.7. The minimum Gasteiger partial charge on any atom is -0.354 e. The van der Waals surface area contributed by atoms with Gasteiger partial charge in [-0.2, -0.15) is 0 Å². The normalized spacial score (nSPS) is 12.4. The second-order valence-electron chi connectivity index (χ2n) is 8.69. The van der Waals surface area contributed by atoms with Gasteiger partial charge in [-0.1, -0.05) is 43.7 Å². The fraction of sp³-hybridized carbons (Fsp3) is 0.417. The lowest BCUT2D eigenvalue weighted by Gasteiger charge is -2.31. The van der Waals surface area contributed by atoms with E-state index in [1.165, 1.54) is 4.90 Å². The van der Waals surface area contributed by atoms with Gasteiger partial charge >= 0.3 is 0 Å². The van der Waals surface area contributed by atoms with Gasteiger partial charge in [-0.25, -0.2) is 17.2 Å². The third kappa shape index (κ3) is 7.51. The lowest BCUT2D eigenvalue weighted by atomic mass is 10.1. The molecule has 2 amide bonds. The highest BCUT2D eigenvalue weighted by Gasteiger charge is 2.30. The average Bonchev–Trinajstić information content (AvgIpc) is 2.74. The van der Waals surface area contributed by atoms with Crippen LogP contribution in [0.1, 0.15) is 31.9 Å². The predicted octanol–water partition coefficient (Wildman–Crippen LogP) is 3.23. The number of benzene rings is 2. The molecule has 2 aromatic carbocycles. The molecule has 34 heavy (non-hydrogen) atoms. The highest BCUT2D eigenvalue weighted by Crippen LogP contribution is 2.21. The Labute approximate surface area is 199 Å². The Morgan fingerprint density at radius 3 is 2.26 bits per heavy atom. The molecule has 0 aliphatic carbocycles. The molecule has 0 saturated heterocycles. The van der Waals surface area contributed by atoms with E-state index < -0.39 is 40.2 Å². The summed E-state index contributed by atoms with van der Waals surface area (Å²) in [5, 5.41) is 2.79. The quantitative estimate of drug-likeness (QED) is 0.548. The fourth-order valence-corrected chi connectivity index (χ4v) is 4.14. The molecule has 1 atom stereocenters. The number of carbonyl (C=O) groups is 2. The second-order valence-corrected chi connectivity index (χ2v) is 10.6. The smallest absolute Gasteiger partial charge is 0.244 e. The molecular weight excluding hydrogens is 464 g/mol. The van der Waals surface area contributed by atoms with Crippen LogP contribution < -0.4 is 9.62 Å². The Morgan fingerprint density at radius 2 is 1.71 bits per heavy atom. The fourth-order valence-electron chi connectivity index (χ4n) is 3.30. The molecule has 2 aromatic rings. The maximum Gasteiger partial charge on any atom is 0.244 e. The maximum absolute atomic E-state index is 13.8. The van der Waals surface area contributed by atoms with E-state index in [0.29, 0.717) is 16.9 Å². The third-order valence-corrected chi connectivity index (χ3v) is 6.30. The van der Waals surface area contributed by atoms with Crippen molar-refractivity contribution < 1.29 is 26.8 Å². The van der Waals surface area contributed by atoms with Crippen molar-refractivity contribution in [3.05, 3.63) is 65.2 Å². The number of anilines is 1. The first-order chi connectivity index (χ1) is 15.8. The number of hydrogen-bond acceptors (Lipinski definition) is 4. The van der Waals surface area contributed by atoms with Crippen LogP contribution >= 0.6 is 0 Å². The molecule has 0 saturated carbocycles. The van der Waals surface area contributed by atoms with E-state index in [1.54, 1.807) is 13.0 Å². The van der Waals surface area contributed by atoms with Gasteiger partial charge in [0, 0.05) is 19.2 Å². The van der Waals surface area contributed by atoms with Crippen LogP contribution in [-0.2, 0) is 26.2 Å². The zero-order valence-corrected chi connectivity index (χ0v) is 20.8. The van der Waals surface area contributed by atoms with Gasteiger partial charge < -0.3 is 10.2 Å². The Bertz CT molecular complexity index is 1140. The standard InChI is InChI=1S/C24H31F2N3O4S/c1-16(2)13-27-24(31)18(4)28(14-19-8-6-7-17(3)11-19)23(30)15-29(34(5,32)33)20-9-10-21(25)22(26)12-20/h6-12,16,18H,13-15H2,1-5H3,(H,27,31)/t18-/m1/s1. The van der Waals surface area contributed by atoms with Gasteiger partial charge in [-0.05, 0) is 37.5 Å². The monoisotopic (exact) mass is 495 g/mol. The third-order valence-electron chi connectivity index (χ3n) is 5.16. The first-order valence-corrected chi connectivity index (χ1v) is 12.7. The van der Waals surface area contributed by atoms with Gasteiger partial charge in [0.05, 0.1) is 11.9 Å². The van der Waals surface area contributed by atoms with E-state index in [-0.39, 0.29) is 24.1 Å². The number of halogens is 2. The van der Waals surface area contributed by atoms with Gasteiger partial charge in [0.15, 0.2) is 11.6 Å². The van der Waals surface area contributed by atoms with Crippen molar-refractivity contribution in [1.29, 1.82) is 0 Å². The van der Waals surface area contributed by atoms with Crippen LogP contribution in [0.3, 0.4) is 0 Å². The number of aryl methyl sites for hydroxylation is 1. The number of nitrogens with zero attached hydrogens (tertiary/aromatic N) is 2. The highest BCUT2D eigenvalue weighted by atomic mass is 32.2. The molecule has 0 spiro atoms. The van der Waals surface area contributed by atoms with Crippen molar-refractivity contribution in [3.63, 3.8) is 0 Å². The minimum atomic E-state index is -4.03. The summed E-state index contributed by atoms with van der Waals surface area (Å²) in [6.07, 6.45) is 0.866. The summed E-state index contributed by atoms with van der Waals surface area (Å²) in [6, 6.07) is 9.06. The molecule has 0 heterocycles. The van der Waals surface area contributed by atoms with Crippen molar-refractivity contribution in [2.24, 2.45) is 5.92 Å². The summed E-state index contributed by atoms with van der Waals surface area (Å²) in [7, 11) is -4.03. The van der Waals surface area contributed by atoms with E-state index in [2.05, 4.69) is 5.32 Å². The Kier molecular flexibility index (Phi) is 9.14. The lowest BCUT2D eigenvalue weighted by molar-refractivity contribution is -0.139. The predicted molar refractivity (Wildman–Crippen MR) is 128 cm³/mol. The summed E-state index contributed by atoms with van der Waals surface area (Å²) in [6.45, 7) is 7.12. The first-order valence-electron chi connectivity index (χ1n) is 10.8. The average molecular weight is 496 g/mol. The maximum atomic E-state index is 13.8. The van der Waals surface area contributed by atoms with Gasteiger partial charge in [0.2, 0.25) is 21.8 Å². The zero-order chi connectivity index (χ0) is 25.6. The van der Waals surface area contributed by atoms with Crippen LogP contribution in [0.15, 0.2) is 42.5 Å². The number of carbonyl (C=O) groups excluding carboxylic acids is 2. The summed E-state index contributed by atoms with van der Waals surface area (Å²) in [5.74, 6) is -3.22. The first kappa shape index (κ1) is 27.2. The zero-order valence-electron chi connectivity index (χ0n) is 20.0. The number of nitrogens with one attached hydrogen (secondary N) is 1. The molecule has 0 aliphatic heterocycles. The highest BCUT2D eigenvalue weighted by molar-refractivity contribution is 7.92. The molecule has 1 N–H and O–H groups in total. The van der Waals surface area contributed by atoms with E-state index in [1.807, 2.05) is 39.0 Å². The van der Waals surface area contributed by atoms with E-state index in [0.717, 1.165) is 29.5 Å². The molecule has 0 unspecified atom stereocenters. The van der Waals surface area contributed by atoms with Crippen molar-refractivity contribution in [3.8, 4) is 0 Å². The number of amides is 2. The molecule has 2 rings (SSSR count). The van der Waals surface area contributed by atoms with Crippen molar-refractivity contribution in [1.82, 2.24) is 10.2 Å². The molecule has 7 nitrogen and oxygen atoms in total. The van der Waals surface area contributed by atoms with Crippen LogP contribution in [0.4, 0.5) is 14.5 Å². The molecule has 0 aromatic heterocycles. The van der Waals surface area contributed by atoms with Gasteiger partial charge in [-0.3, -0.25) is 13.9 Å². The Balaban J connectivity index is 2.39. The summed E-state index contributed by atoms with van der Waals surface area (Å²) in [5.41, 5.74) is 1.53. The van der Waals surface area contributed by atoms with Crippen LogP contribution in [0.25, 0.3) is 0 Å². The largest absolute Gasteiger partial charge is 0.354 e. The Morgan fingerprint density at radius 1 is 1.03 bits per heavy atom. The lowest BCUT2D eigenvalue weighted by Crippen LogP contribution is -2.51. The van der Waals surface area contributed by atoms with Crippen LogP contribution in [0.2, 0.25) is 0 Å². The van der Waals surface area contributed by atoms with Gasteiger partial charge in [-0.15, -0.1) is 0 Å². The van der Waals surface area contributed by atoms with Gasteiger partial charge in [0.25, 0.3) is 0 Å². The number of hydrogen-bond donors (Lipinski definition) is 1. The molecule has 0 fully saturated rings. The van der Waals surface area contributed by atoms with Crippen molar-refractivity contribution >= 4 is 27.5 Å². The number of rotatable bonds is 10. The van der Waals surface area contributed by atoms with Gasteiger partial charge in [0.1, 0.15) is 12.6 Å². The SMILES string of the molecule is Cc1cccc(CN(C(=O)CN(c2ccc(F)c(F)c2)S(C)(=O)=O)[C@H](C)C(=O)NCC(C)C)c1.